The highest BCUT2D eigenvalue weighted by atomic mass is 32.2. The number of piperazine rings is 1. The Bertz CT molecular complexity index is 1070. The predicted molar refractivity (Wildman–Crippen MR) is 116 cm³/mol. The smallest absolute Gasteiger partial charge is 0.292 e. The lowest BCUT2D eigenvalue weighted by molar-refractivity contribution is -0.384. The Balaban J connectivity index is 1.42. The van der Waals surface area contributed by atoms with Gasteiger partial charge in [-0.15, -0.1) is 0 Å². The molecule has 2 aromatic carbocycles. The number of para-hydroxylation sites is 2. The van der Waals surface area contributed by atoms with Crippen molar-refractivity contribution in [3.63, 3.8) is 0 Å². The second-order valence-electron chi connectivity index (χ2n) is 7.66. The van der Waals surface area contributed by atoms with Crippen LogP contribution in [0.15, 0.2) is 53.4 Å². The van der Waals surface area contributed by atoms with Crippen LogP contribution in [0.1, 0.15) is 23.2 Å². The molecule has 0 spiro atoms. The number of nitrogens with zero attached hydrogens (tertiary/aromatic N) is 4. The highest BCUT2D eigenvalue weighted by molar-refractivity contribution is 7.89. The molecule has 9 nitrogen and oxygen atoms in total. The predicted octanol–water partition coefficient (Wildman–Crippen LogP) is 2.34. The van der Waals surface area contributed by atoms with E-state index in [1.807, 2.05) is 4.90 Å². The Labute approximate surface area is 181 Å². The normalized spacial score (nSPS) is 17.7. The van der Waals surface area contributed by atoms with E-state index in [1.54, 1.807) is 35.2 Å². The monoisotopic (exact) mass is 444 g/mol. The topological polar surface area (TPSA) is 104 Å². The summed E-state index contributed by atoms with van der Waals surface area (Å²) in [6, 6.07) is 12.7. The van der Waals surface area contributed by atoms with Gasteiger partial charge in [0.25, 0.3) is 11.6 Å². The van der Waals surface area contributed by atoms with Crippen molar-refractivity contribution in [1.29, 1.82) is 0 Å². The lowest BCUT2D eigenvalue weighted by Gasteiger charge is -2.35. The van der Waals surface area contributed by atoms with Crippen LogP contribution in [0, 0.1) is 10.1 Å². The van der Waals surface area contributed by atoms with Crippen LogP contribution >= 0.6 is 0 Å². The number of hydrogen-bond donors (Lipinski definition) is 0. The molecule has 0 radical (unpaired) electrons. The van der Waals surface area contributed by atoms with E-state index >= 15 is 0 Å². The third kappa shape index (κ3) is 4.26. The second-order valence-corrected chi connectivity index (χ2v) is 9.60. The highest BCUT2D eigenvalue weighted by Crippen LogP contribution is 2.28. The van der Waals surface area contributed by atoms with Crippen LogP contribution in [0.3, 0.4) is 0 Å². The molecule has 31 heavy (non-hydrogen) atoms. The van der Waals surface area contributed by atoms with Crippen molar-refractivity contribution in [1.82, 2.24) is 9.21 Å². The van der Waals surface area contributed by atoms with Crippen LogP contribution in [-0.2, 0) is 10.0 Å². The second kappa shape index (κ2) is 8.64. The van der Waals surface area contributed by atoms with Crippen molar-refractivity contribution >= 4 is 27.3 Å². The fraction of sp³-hybridized carbons (Fsp3) is 0.381. The summed E-state index contributed by atoms with van der Waals surface area (Å²) in [4.78, 5) is 27.6. The number of rotatable bonds is 5. The van der Waals surface area contributed by atoms with Gasteiger partial charge in [-0.05, 0) is 43.2 Å². The Morgan fingerprint density at radius 1 is 0.871 bits per heavy atom. The number of nitro benzene ring substituents is 1. The van der Waals surface area contributed by atoms with E-state index in [0.717, 1.165) is 12.8 Å². The first-order valence-corrected chi connectivity index (χ1v) is 11.7. The summed E-state index contributed by atoms with van der Waals surface area (Å²) in [5.74, 6) is -0.174. The minimum absolute atomic E-state index is 0.0528. The summed E-state index contributed by atoms with van der Waals surface area (Å²) in [6.45, 7) is 2.90. The first-order chi connectivity index (χ1) is 14.9. The Morgan fingerprint density at radius 2 is 1.48 bits per heavy atom. The quantitative estimate of drug-likeness (QED) is 0.518. The molecular weight excluding hydrogens is 420 g/mol. The first-order valence-electron chi connectivity index (χ1n) is 10.3. The van der Waals surface area contributed by atoms with E-state index < -0.39 is 14.9 Å². The summed E-state index contributed by atoms with van der Waals surface area (Å²) in [7, 11) is -3.51. The molecule has 2 fully saturated rings. The van der Waals surface area contributed by atoms with Crippen LogP contribution in [0.4, 0.5) is 11.4 Å². The Kier molecular flexibility index (Phi) is 5.92. The van der Waals surface area contributed by atoms with Gasteiger partial charge in [-0.25, -0.2) is 8.42 Å². The molecule has 4 rings (SSSR count). The minimum Gasteiger partial charge on any atom is -0.362 e. The molecule has 1 amide bonds. The number of carbonyl (C=O) groups is 1. The molecule has 2 aliphatic heterocycles. The zero-order valence-corrected chi connectivity index (χ0v) is 17.8. The molecule has 10 heteroatoms. The zero-order valence-electron chi connectivity index (χ0n) is 17.0. The molecule has 2 saturated heterocycles. The minimum atomic E-state index is -3.51. The molecule has 164 valence electrons. The largest absolute Gasteiger partial charge is 0.362 e. The van der Waals surface area contributed by atoms with Gasteiger partial charge in [-0.2, -0.15) is 4.31 Å². The van der Waals surface area contributed by atoms with E-state index in [-0.39, 0.29) is 16.5 Å². The van der Waals surface area contributed by atoms with Crippen molar-refractivity contribution in [3.8, 4) is 0 Å². The third-order valence-corrected chi connectivity index (χ3v) is 7.70. The lowest BCUT2D eigenvalue weighted by atomic mass is 10.1. The van der Waals surface area contributed by atoms with Gasteiger partial charge in [0.05, 0.1) is 9.82 Å². The SMILES string of the molecule is O=C(c1ccc(S(=O)(=O)N2CCCC2)cc1)N1CCN(c2ccccc2[N+](=O)[O-])CC1. The lowest BCUT2D eigenvalue weighted by Crippen LogP contribution is -2.49. The maximum absolute atomic E-state index is 12.9. The number of anilines is 1. The summed E-state index contributed by atoms with van der Waals surface area (Å²) < 4.78 is 26.8. The van der Waals surface area contributed by atoms with Crippen LogP contribution in [-0.4, -0.2) is 67.7 Å². The summed E-state index contributed by atoms with van der Waals surface area (Å²) >= 11 is 0. The summed E-state index contributed by atoms with van der Waals surface area (Å²) in [6.07, 6.45) is 1.74. The number of nitro groups is 1. The van der Waals surface area contributed by atoms with Crippen molar-refractivity contribution in [2.45, 2.75) is 17.7 Å². The van der Waals surface area contributed by atoms with Gasteiger partial charge in [0.15, 0.2) is 0 Å². The van der Waals surface area contributed by atoms with Crippen LogP contribution in [0.5, 0.6) is 0 Å². The maximum Gasteiger partial charge on any atom is 0.292 e. The molecular formula is C21H24N4O5S. The molecule has 0 aliphatic carbocycles. The zero-order chi connectivity index (χ0) is 22.0. The molecule has 2 aliphatic rings. The molecule has 0 aromatic heterocycles. The first kappa shape index (κ1) is 21.3. The Morgan fingerprint density at radius 3 is 2.10 bits per heavy atom. The maximum atomic E-state index is 12.9. The van der Waals surface area contributed by atoms with E-state index in [1.165, 1.54) is 22.5 Å². The molecule has 0 N–H and O–H groups in total. The van der Waals surface area contributed by atoms with Crippen molar-refractivity contribution in [2.24, 2.45) is 0 Å². The number of hydrogen-bond acceptors (Lipinski definition) is 6. The van der Waals surface area contributed by atoms with Crippen molar-refractivity contribution < 1.29 is 18.1 Å². The van der Waals surface area contributed by atoms with Crippen LogP contribution in [0.2, 0.25) is 0 Å². The average molecular weight is 445 g/mol. The van der Waals surface area contributed by atoms with Gasteiger partial charge >= 0.3 is 0 Å². The van der Waals surface area contributed by atoms with E-state index in [4.69, 9.17) is 0 Å². The fourth-order valence-electron chi connectivity index (χ4n) is 4.07. The summed E-state index contributed by atoms with van der Waals surface area (Å²) in [5.41, 5.74) is 1.03. The van der Waals surface area contributed by atoms with Gasteiger partial charge < -0.3 is 9.80 Å². The van der Waals surface area contributed by atoms with Gasteiger partial charge in [0.2, 0.25) is 10.0 Å². The molecule has 0 atom stereocenters. The number of amides is 1. The number of sulfonamides is 1. The Hall–Kier alpha value is -2.98. The van der Waals surface area contributed by atoms with Gasteiger partial charge in [-0.3, -0.25) is 14.9 Å². The third-order valence-electron chi connectivity index (χ3n) is 5.79. The molecule has 2 heterocycles. The van der Waals surface area contributed by atoms with Gasteiger partial charge in [0, 0.05) is 50.9 Å². The fourth-order valence-corrected chi connectivity index (χ4v) is 5.58. The number of benzene rings is 2. The van der Waals surface area contributed by atoms with Gasteiger partial charge in [0.1, 0.15) is 5.69 Å². The van der Waals surface area contributed by atoms with Gasteiger partial charge in [-0.1, -0.05) is 12.1 Å². The number of carbonyl (C=O) groups excluding carboxylic acids is 1. The standard InChI is InChI=1S/C21H24N4O5S/c26-21(17-7-9-18(10-8-17)31(29,30)24-11-3-4-12-24)23-15-13-22(14-16-23)19-5-1-2-6-20(19)25(27)28/h1-2,5-10H,3-4,11-16H2. The highest BCUT2D eigenvalue weighted by Gasteiger charge is 2.29. The van der Waals surface area contributed by atoms with Crippen molar-refractivity contribution in [3.05, 3.63) is 64.2 Å². The molecule has 0 unspecified atom stereocenters. The van der Waals surface area contributed by atoms with E-state index in [2.05, 4.69) is 0 Å². The average Bonchev–Trinajstić information content (AvgIpc) is 3.35. The summed E-state index contributed by atoms with van der Waals surface area (Å²) in [5, 5.41) is 11.3. The molecule has 0 bridgehead atoms. The van der Waals surface area contributed by atoms with E-state index in [0.29, 0.717) is 50.5 Å². The van der Waals surface area contributed by atoms with Crippen molar-refractivity contribution in [2.75, 3.05) is 44.2 Å². The van der Waals surface area contributed by atoms with E-state index in [9.17, 15) is 23.3 Å². The van der Waals surface area contributed by atoms with Crippen LogP contribution < -0.4 is 4.90 Å². The molecule has 2 aromatic rings. The van der Waals surface area contributed by atoms with Crippen LogP contribution in [0.25, 0.3) is 0 Å². The molecule has 0 saturated carbocycles.